The number of aryl methyl sites for hydroxylation is 1. The van der Waals surface area contributed by atoms with E-state index in [-0.39, 0.29) is 0 Å². The quantitative estimate of drug-likeness (QED) is 0.271. The minimum absolute atomic E-state index is 0.492. The van der Waals surface area contributed by atoms with Gasteiger partial charge in [-0.25, -0.2) is 4.57 Å². The maximum absolute atomic E-state index is 6.62. The Morgan fingerprint density at radius 3 is 2.53 bits per heavy atom. The van der Waals surface area contributed by atoms with E-state index >= 15 is 0 Å². The molecule has 7 heteroatoms. The number of nitrogen functional groups attached to an aromatic ring is 1. The highest BCUT2D eigenvalue weighted by Gasteiger charge is 2.23. The largest absolute Gasteiger partial charge is 0.493 e. The topological polar surface area (TPSA) is 74.4 Å². The van der Waals surface area contributed by atoms with Crippen LogP contribution >= 0.6 is 11.8 Å². The predicted octanol–water partition coefficient (Wildman–Crippen LogP) is 4.36. The average Bonchev–Trinajstić information content (AvgIpc) is 3.28. The van der Waals surface area contributed by atoms with Gasteiger partial charge in [0.1, 0.15) is 12.3 Å². The number of thioether (sulfide) groups is 1. The first-order chi connectivity index (χ1) is 14.6. The lowest BCUT2D eigenvalue weighted by Gasteiger charge is -2.13. The molecular weight excluding hydrogens is 398 g/mol. The molecule has 0 saturated heterocycles. The Balaban J connectivity index is 1.81. The Bertz CT molecular complexity index is 1180. The molecule has 4 rings (SSSR count). The Morgan fingerprint density at radius 1 is 1.07 bits per heavy atom. The van der Waals surface area contributed by atoms with E-state index in [1.807, 2.05) is 34.9 Å². The van der Waals surface area contributed by atoms with Gasteiger partial charge in [0.05, 0.1) is 25.9 Å². The van der Waals surface area contributed by atoms with Crippen molar-refractivity contribution in [2.24, 2.45) is 0 Å². The fourth-order valence-electron chi connectivity index (χ4n) is 3.31. The van der Waals surface area contributed by atoms with Crippen molar-refractivity contribution in [2.45, 2.75) is 24.4 Å². The van der Waals surface area contributed by atoms with E-state index in [0.29, 0.717) is 23.9 Å². The van der Waals surface area contributed by atoms with E-state index in [2.05, 4.69) is 25.1 Å². The Hall–Kier alpha value is -3.19. The molecule has 4 aromatic rings. The fraction of sp³-hybridized carbons (Fsp3) is 0.217. The summed E-state index contributed by atoms with van der Waals surface area (Å²) in [7, 11) is 3.22. The van der Waals surface area contributed by atoms with Crippen molar-refractivity contribution in [1.29, 1.82) is 0 Å². The van der Waals surface area contributed by atoms with Crippen molar-refractivity contribution in [2.75, 3.05) is 20.0 Å². The van der Waals surface area contributed by atoms with Gasteiger partial charge in [0.25, 0.3) is 5.16 Å². The molecule has 2 heterocycles. The smallest absolute Gasteiger partial charge is 0.299 e. The highest BCUT2D eigenvalue weighted by Crippen LogP contribution is 2.34. The molecule has 6 nitrogen and oxygen atoms in total. The monoisotopic (exact) mass is 422 g/mol. The molecule has 0 fully saturated rings. The highest BCUT2D eigenvalue weighted by molar-refractivity contribution is 7.98. The van der Waals surface area contributed by atoms with E-state index < -0.39 is 0 Å². The number of fused-ring (bicyclic) bond motifs is 1. The number of aromatic nitrogens is 2. The van der Waals surface area contributed by atoms with Gasteiger partial charge in [-0.15, -0.1) is 0 Å². The number of nitrogens with zero attached hydrogens (tertiary/aromatic N) is 2. The maximum atomic E-state index is 6.62. The predicted molar refractivity (Wildman–Crippen MR) is 118 cm³/mol. The first kappa shape index (κ1) is 20.1. The molecule has 0 amide bonds. The third-order valence-electron chi connectivity index (χ3n) is 5.03. The molecule has 0 spiro atoms. The lowest BCUT2D eigenvalue weighted by atomic mass is 10.1. The summed E-state index contributed by atoms with van der Waals surface area (Å²) in [6.45, 7) is 2.61. The zero-order chi connectivity index (χ0) is 21.1. The zero-order valence-corrected chi connectivity index (χ0v) is 18.0. The van der Waals surface area contributed by atoms with Gasteiger partial charge in [-0.1, -0.05) is 29.2 Å². The van der Waals surface area contributed by atoms with Gasteiger partial charge in [-0.05, 0) is 41.9 Å². The SMILES string of the molecule is COc1cc2nc(SCc3ccccc3C)[n+](Cc3ccco3)c(N)c2cc1OC. The van der Waals surface area contributed by atoms with E-state index in [1.165, 1.54) is 11.1 Å². The van der Waals surface area contributed by atoms with Crippen LogP contribution in [-0.2, 0) is 12.3 Å². The van der Waals surface area contributed by atoms with Crippen molar-refractivity contribution in [3.63, 3.8) is 0 Å². The third-order valence-corrected chi connectivity index (χ3v) is 6.05. The summed E-state index contributed by atoms with van der Waals surface area (Å²) in [6, 6.07) is 15.9. The number of methoxy groups -OCH3 is 2. The van der Waals surface area contributed by atoms with Crippen LogP contribution in [0.3, 0.4) is 0 Å². The summed E-state index contributed by atoms with van der Waals surface area (Å²) >= 11 is 1.65. The molecule has 0 radical (unpaired) electrons. The third kappa shape index (κ3) is 3.93. The minimum atomic E-state index is 0.492. The second-order valence-electron chi connectivity index (χ2n) is 6.88. The van der Waals surface area contributed by atoms with Crippen molar-refractivity contribution in [3.05, 3.63) is 71.7 Å². The lowest BCUT2D eigenvalue weighted by Crippen LogP contribution is -2.41. The summed E-state index contributed by atoms with van der Waals surface area (Å²) in [5.41, 5.74) is 9.90. The second kappa shape index (κ2) is 8.67. The summed E-state index contributed by atoms with van der Waals surface area (Å²) in [6.07, 6.45) is 1.66. The molecule has 0 bridgehead atoms. The molecule has 0 unspecified atom stereocenters. The van der Waals surface area contributed by atoms with Crippen molar-refractivity contribution < 1.29 is 18.5 Å². The summed E-state index contributed by atoms with van der Waals surface area (Å²) in [5, 5.41) is 1.62. The lowest BCUT2D eigenvalue weighted by molar-refractivity contribution is -0.715. The molecule has 0 saturated carbocycles. The Kier molecular flexibility index (Phi) is 5.81. The molecule has 0 aliphatic rings. The van der Waals surface area contributed by atoms with Crippen molar-refractivity contribution >= 4 is 28.5 Å². The van der Waals surface area contributed by atoms with E-state index in [1.54, 1.807) is 32.2 Å². The highest BCUT2D eigenvalue weighted by atomic mass is 32.2. The van der Waals surface area contributed by atoms with Gasteiger partial charge in [0.2, 0.25) is 5.82 Å². The van der Waals surface area contributed by atoms with Crippen LogP contribution in [0.2, 0.25) is 0 Å². The standard InChI is InChI=1S/C23H23N3O3S/c1-15-7-4-5-8-16(15)14-30-23-25-19-12-21(28-3)20(27-2)11-18(19)22(24)26(23)13-17-9-6-10-29-17/h4-12,24H,13-14H2,1-3H3/p+1. The van der Waals surface area contributed by atoms with Gasteiger partial charge in [0.15, 0.2) is 17.0 Å². The molecule has 0 aliphatic carbocycles. The minimum Gasteiger partial charge on any atom is -0.493 e. The first-order valence-corrected chi connectivity index (χ1v) is 10.5. The van der Waals surface area contributed by atoms with Crippen LogP contribution in [0.1, 0.15) is 16.9 Å². The Labute approximate surface area is 179 Å². The van der Waals surface area contributed by atoms with E-state index in [9.17, 15) is 0 Å². The number of rotatable bonds is 7. The number of hydrogen-bond acceptors (Lipinski definition) is 6. The van der Waals surface area contributed by atoms with Crippen LogP contribution < -0.4 is 19.8 Å². The number of anilines is 1. The van der Waals surface area contributed by atoms with Crippen LogP contribution in [0.5, 0.6) is 11.5 Å². The van der Waals surface area contributed by atoms with Crippen LogP contribution in [0.15, 0.2) is 64.4 Å². The second-order valence-corrected chi connectivity index (χ2v) is 7.83. The molecule has 2 aromatic carbocycles. The van der Waals surface area contributed by atoms with Gasteiger partial charge in [0, 0.05) is 17.9 Å². The normalized spacial score (nSPS) is 11.0. The van der Waals surface area contributed by atoms with Crippen LogP contribution in [-0.4, -0.2) is 19.2 Å². The Morgan fingerprint density at radius 2 is 1.83 bits per heavy atom. The number of ether oxygens (including phenoxy) is 2. The first-order valence-electron chi connectivity index (χ1n) is 9.55. The van der Waals surface area contributed by atoms with Gasteiger partial charge < -0.3 is 19.6 Å². The number of benzene rings is 2. The van der Waals surface area contributed by atoms with E-state index in [0.717, 1.165) is 27.6 Å². The number of nitrogens with two attached hydrogens (primary N) is 1. The molecule has 154 valence electrons. The summed E-state index contributed by atoms with van der Waals surface area (Å²) in [4.78, 5) is 4.91. The summed E-state index contributed by atoms with van der Waals surface area (Å²) in [5.74, 6) is 3.44. The molecule has 2 N–H and O–H groups in total. The number of furan rings is 1. The van der Waals surface area contributed by atoms with Gasteiger partial charge >= 0.3 is 0 Å². The fourth-order valence-corrected chi connectivity index (χ4v) is 4.40. The average molecular weight is 423 g/mol. The molecule has 30 heavy (non-hydrogen) atoms. The van der Waals surface area contributed by atoms with Crippen molar-refractivity contribution in [3.8, 4) is 11.5 Å². The maximum Gasteiger partial charge on any atom is 0.299 e. The van der Waals surface area contributed by atoms with Crippen molar-refractivity contribution in [1.82, 2.24) is 4.98 Å². The van der Waals surface area contributed by atoms with Gasteiger partial charge in [-0.2, -0.15) is 0 Å². The van der Waals surface area contributed by atoms with E-state index in [4.69, 9.17) is 24.6 Å². The van der Waals surface area contributed by atoms with Crippen LogP contribution in [0, 0.1) is 6.92 Å². The van der Waals surface area contributed by atoms with Crippen LogP contribution in [0.4, 0.5) is 5.82 Å². The molecular formula is C23H24N3O3S+. The van der Waals surface area contributed by atoms with Gasteiger partial charge in [-0.3, -0.25) is 0 Å². The zero-order valence-electron chi connectivity index (χ0n) is 17.2. The van der Waals surface area contributed by atoms with Crippen LogP contribution in [0.25, 0.3) is 10.9 Å². The molecule has 0 atom stereocenters. The number of hydrogen-bond donors (Lipinski definition) is 1. The molecule has 0 aliphatic heterocycles. The molecule has 2 aromatic heterocycles. The summed E-state index contributed by atoms with van der Waals surface area (Å²) < 4.78 is 18.4.